The lowest BCUT2D eigenvalue weighted by molar-refractivity contribution is -0.143. The van der Waals surface area contributed by atoms with Gasteiger partial charge in [-0.15, -0.1) is 0 Å². The third-order valence-corrected chi connectivity index (χ3v) is 15.8. The number of benzene rings is 11. The highest BCUT2D eigenvalue weighted by atomic mass is 19.4. The number of rotatable bonds is 6. The summed E-state index contributed by atoms with van der Waals surface area (Å²) in [4.78, 5) is 0. The van der Waals surface area contributed by atoms with Crippen LogP contribution in [0.4, 0.5) is 26.3 Å². The molecule has 15 aromatic rings. The summed E-state index contributed by atoms with van der Waals surface area (Å²) < 4.78 is 96.8. The van der Waals surface area contributed by atoms with E-state index in [-0.39, 0.29) is 17.2 Å². The molecule has 0 saturated carbocycles. The number of fused-ring (bicyclic) bond motifs is 14. The van der Waals surface area contributed by atoms with Crippen LogP contribution < -0.4 is 0 Å². The van der Waals surface area contributed by atoms with Crippen molar-refractivity contribution in [1.29, 1.82) is 5.26 Å². The van der Waals surface area contributed by atoms with Gasteiger partial charge in [0, 0.05) is 65.6 Å². The first-order valence-corrected chi connectivity index (χ1v) is 26.0. The Kier molecular flexibility index (Phi) is 10.2. The van der Waals surface area contributed by atoms with Crippen LogP contribution in [-0.2, 0) is 12.4 Å². The number of nitriles is 1. The summed E-state index contributed by atoms with van der Waals surface area (Å²) in [5, 5.41) is 18.7. The first kappa shape index (κ1) is 46.9. The van der Waals surface area contributed by atoms with Crippen molar-refractivity contribution in [3.05, 3.63) is 253 Å². The van der Waals surface area contributed by atoms with Gasteiger partial charge in [-0.25, -0.2) is 0 Å². The predicted molar refractivity (Wildman–Crippen MR) is 309 cm³/mol. The zero-order valence-electron chi connectivity index (χ0n) is 42.0. The molecular formula is C69H39F6N5. The average molecular weight is 1050 g/mol. The number of hydrogen-bond donors (Lipinski definition) is 0. The average Bonchev–Trinajstić information content (AvgIpc) is 3.37. The number of para-hydroxylation sites is 6. The zero-order chi connectivity index (χ0) is 54.2. The quantitative estimate of drug-likeness (QED) is 0.153. The van der Waals surface area contributed by atoms with Gasteiger partial charge in [0.2, 0.25) is 0 Å². The molecule has 5 nitrogen and oxygen atoms in total. The largest absolute Gasteiger partial charge is 0.416 e. The fourth-order valence-electron chi connectivity index (χ4n) is 12.5. The Morgan fingerprint density at radius 3 is 1.23 bits per heavy atom. The summed E-state index contributed by atoms with van der Waals surface area (Å²) in [5.41, 5.74) is 8.74. The van der Waals surface area contributed by atoms with E-state index in [1.54, 1.807) is 24.3 Å². The standard InChI is InChI=1S/C69H39F6N5/c70-68(71,72)44-36-43(37-45(39-44)69(73,74)75)42-28-32-60(79-58-25-13-9-21-53(58)64-61(79)33-30-51-48-19-7-11-23-56(48)77(66(51)64)46-15-3-1-4-16-46)55(38-42)50-29-27-41(40-76)35-63(50)80-59-26-14-10-22-54(59)65-62(80)34-31-52-49-20-8-12-24-57(49)78(67(52)65)47-17-5-2-6-18-47/h1-39H. The highest BCUT2D eigenvalue weighted by Gasteiger charge is 2.37. The molecule has 0 aliphatic carbocycles. The van der Waals surface area contributed by atoms with Crippen molar-refractivity contribution in [3.8, 4) is 51.1 Å². The van der Waals surface area contributed by atoms with Gasteiger partial charge in [-0.3, -0.25) is 0 Å². The first-order valence-electron chi connectivity index (χ1n) is 26.0. The third-order valence-electron chi connectivity index (χ3n) is 15.8. The number of aromatic nitrogens is 4. The molecule has 80 heavy (non-hydrogen) atoms. The third kappa shape index (κ3) is 6.98. The molecule has 0 atom stereocenters. The van der Waals surface area contributed by atoms with E-state index in [1.165, 1.54) is 0 Å². The van der Waals surface area contributed by atoms with Crippen LogP contribution in [0.3, 0.4) is 0 Å². The molecule has 15 rings (SSSR count). The molecule has 0 aliphatic rings. The maximum absolute atomic E-state index is 14.7. The molecule has 4 aromatic heterocycles. The number of alkyl halides is 6. The maximum atomic E-state index is 14.7. The number of hydrogen-bond acceptors (Lipinski definition) is 1. The molecule has 11 aromatic carbocycles. The fourth-order valence-corrected chi connectivity index (χ4v) is 12.5. The Labute approximate surface area is 451 Å². The Balaban J connectivity index is 1.08. The lowest BCUT2D eigenvalue weighted by atomic mass is 9.93. The van der Waals surface area contributed by atoms with Gasteiger partial charge < -0.3 is 18.3 Å². The van der Waals surface area contributed by atoms with Gasteiger partial charge in [0.05, 0.1) is 78.3 Å². The SMILES string of the molecule is N#Cc1ccc(-c2cc(-c3cc(C(F)(F)F)cc(C(F)(F)F)c3)ccc2-n2c3ccccc3c3c2ccc2c4ccccc4n(-c4ccccc4)c23)c(-n2c3ccccc3c3c2ccc2c4ccccc4n(-c4ccccc4)c23)c1. The van der Waals surface area contributed by atoms with Crippen molar-refractivity contribution in [1.82, 2.24) is 18.3 Å². The second-order valence-electron chi connectivity index (χ2n) is 20.2. The normalized spacial score (nSPS) is 12.4. The van der Waals surface area contributed by atoms with Crippen molar-refractivity contribution in [3.63, 3.8) is 0 Å². The van der Waals surface area contributed by atoms with Gasteiger partial charge in [0.25, 0.3) is 0 Å². The molecule has 0 aliphatic heterocycles. The summed E-state index contributed by atoms with van der Waals surface area (Å²) in [6, 6.07) is 75.9. The molecule has 4 heterocycles. The molecule has 0 fully saturated rings. The van der Waals surface area contributed by atoms with E-state index in [0.717, 1.165) is 111 Å². The second kappa shape index (κ2) is 17.3. The second-order valence-corrected chi connectivity index (χ2v) is 20.2. The summed E-state index contributed by atoms with van der Waals surface area (Å²) in [6.07, 6.45) is -10.2. The topological polar surface area (TPSA) is 43.5 Å². The number of halogens is 6. The first-order chi connectivity index (χ1) is 38.9. The minimum atomic E-state index is -5.08. The van der Waals surface area contributed by atoms with E-state index in [2.05, 4.69) is 109 Å². The molecule has 0 unspecified atom stereocenters. The fraction of sp³-hybridized carbons (Fsp3) is 0.0290. The molecule has 11 heteroatoms. The Morgan fingerprint density at radius 1 is 0.312 bits per heavy atom. The minimum absolute atomic E-state index is 0.124. The lowest BCUT2D eigenvalue weighted by Gasteiger charge is -2.21. The van der Waals surface area contributed by atoms with Gasteiger partial charge >= 0.3 is 12.4 Å². The van der Waals surface area contributed by atoms with Crippen LogP contribution in [0.15, 0.2) is 237 Å². The minimum Gasteiger partial charge on any atom is -0.309 e. The van der Waals surface area contributed by atoms with Gasteiger partial charge in [-0.05, 0) is 114 Å². The highest BCUT2D eigenvalue weighted by molar-refractivity contribution is 6.28. The highest BCUT2D eigenvalue weighted by Crippen LogP contribution is 2.48. The summed E-state index contributed by atoms with van der Waals surface area (Å²) in [5.74, 6) is 0. The maximum Gasteiger partial charge on any atom is 0.416 e. The van der Waals surface area contributed by atoms with E-state index in [4.69, 9.17) is 0 Å². The summed E-state index contributed by atoms with van der Waals surface area (Å²) in [7, 11) is 0. The molecule has 0 N–H and O–H groups in total. The molecule has 0 radical (unpaired) electrons. The van der Waals surface area contributed by atoms with E-state index in [0.29, 0.717) is 28.1 Å². The van der Waals surface area contributed by atoms with Gasteiger partial charge in [-0.1, -0.05) is 133 Å². The zero-order valence-corrected chi connectivity index (χ0v) is 42.0. The predicted octanol–water partition coefficient (Wildman–Crippen LogP) is 19.3. The molecular weight excluding hydrogens is 1010 g/mol. The van der Waals surface area contributed by atoms with Crippen LogP contribution in [-0.4, -0.2) is 18.3 Å². The van der Waals surface area contributed by atoms with Gasteiger partial charge in [0.1, 0.15) is 0 Å². The lowest BCUT2D eigenvalue weighted by Crippen LogP contribution is -2.11. The van der Waals surface area contributed by atoms with Crippen molar-refractivity contribution < 1.29 is 26.3 Å². The Hall–Kier alpha value is -10.3. The van der Waals surface area contributed by atoms with Gasteiger partial charge in [-0.2, -0.15) is 31.6 Å². The van der Waals surface area contributed by atoms with Crippen LogP contribution in [0.2, 0.25) is 0 Å². The summed E-state index contributed by atoms with van der Waals surface area (Å²) >= 11 is 0. The van der Waals surface area contributed by atoms with Crippen LogP contribution in [0.1, 0.15) is 16.7 Å². The van der Waals surface area contributed by atoms with E-state index in [9.17, 15) is 31.6 Å². The van der Waals surface area contributed by atoms with Gasteiger partial charge in [0.15, 0.2) is 0 Å². The van der Waals surface area contributed by atoms with Crippen molar-refractivity contribution in [2.24, 2.45) is 0 Å². The Bertz CT molecular complexity index is 5070. The van der Waals surface area contributed by atoms with Crippen LogP contribution in [0, 0.1) is 11.3 Å². The molecule has 382 valence electrons. The number of nitrogens with zero attached hydrogens (tertiary/aromatic N) is 5. The molecule has 0 amide bonds. The smallest absolute Gasteiger partial charge is 0.309 e. The van der Waals surface area contributed by atoms with Crippen LogP contribution >= 0.6 is 0 Å². The molecule has 0 spiro atoms. The van der Waals surface area contributed by atoms with Crippen molar-refractivity contribution in [2.75, 3.05) is 0 Å². The monoisotopic (exact) mass is 1050 g/mol. The summed E-state index contributed by atoms with van der Waals surface area (Å²) in [6.45, 7) is 0. The van der Waals surface area contributed by atoms with Crippen molar-refractivity contribution >= 4 is 87.2 Å². The van der Waals surface area contributed by atoms with E-state index in [1.807, 2.05) is 109 Å². The molecule has 0 saturated heterocycles. The van der Waals surface area contributed by atoms with Crippen LogP contribution in [0.5, 0.6) is 0 Å². The molecule has 0 bridgehead atoms. The van der Waals surface area contributed by atoms with Crippen LogP contribution in [0.25, 0.3) is 132 Å². The van der Waals surface area contributed by atoms with Crippen molar-refractivity contribution in [2.45, 2.75) is 12.4 Å². The van der Waals surface area contributed by atoms with E-state index >= 15 is 0 Å². The Morgan fingerprint density at radius 2 is 0.750 bits per heavy atom. The van der Waals surface area contributed by atoms with E-state index < -0.39 is 23.5 Å².